The maximum Gasteiger partial charge on any atom is 0.343 e. The Labute approximate surface area is 101 Å². The first-order chi connectivity index (χ1) is 8.02. The van der Waals surface area contributed by atoms with Gasteiger partial charge in [0.25, 0.3) is 0 Å². The normalized spacial score (nSPS) is 9.18. The highest BCUT2D eigenvalue weighted by atomic mass is 16.5. The molecule has 0 radical (unpaired) electrons. The molecule has 0 heterocycles. The van der Waals surface area contributed by atoms with Crippen LogP contribution in [0.15, 0.2) is 48.8 Å². The van der Waals surface area contributed by atoms with E-state index in [1.54, 1.807) is 12.1 Å². The van der Waals surface area contributed by atoms with Crippen LogP contribution in [0.4, 0.5) is 0 Å². The minimum atomic E-state index is -0.472. The molecular weight excluding hydrogens is 214 g/mol. The molecular formula is C14H13NO2. The summed E-state index contributed by atoms with van der Waals surface area (Å²) in [6, 6.07) is 8.89. The van der Waals surface area contributed by atoms with Gasteiger partial charge in [-0.2, -0.15) is 5.26 Å². The minimum Gasteiger partial charge on any atom is -0.428 e. The van der Waals surface area contributed by atoms with Gasteiger partial charge in [-0.25, -0.2) is 4.79 Å². The van der Waals surface area contributed by atoms with Gasteiger partial charge in [-0.1, -0.05) is 30.9 Å². The molecule has 17 heavy (non-hydrogen) atoms. The Hall–Kier alpha value is -2.34. The summed E-state index contributed by atoms with van der Waals surface area (Å²) in [7, 11) is 0. The van der Waals surface area contributed by atoms with E-state index in [-0.39, 0.29) is 12.2 Å². The molecule has 0 saturated heterocycles. The summed E-state index contributed by atoms with van der Waals surface area (Å²) in [5.74, 6) is -0.247. The fourth-order valence-electron chi connectivity index (χ4n) is 1.19. The van der Waals surface area contributed by atoms with E-state index in [1.807, 2.05) is 25.1 Å². The van der Waals surface area contributed by atoms with Crippen LogP contribution >= 0.6 is 0 Å². The summed E-state index contributed by atoms with van der Waals surface area (Å²) >= 11 is 0. The first-order valence-electron chi connectivity index (χ1n) is 5.07. The molecule has 3 heteroatoms. The number of aryl methyl sites for hydroxylation is 1. The van der Waals surface area contributed by atoms with Gasteiger partial charge in [0.05, 0.1) is 11.6 Å². The van der Waals surface area contributed by atoms with Gasteiger partial charge in [0.2, 0.25) is 0 Å². The average Bonchev–Trinajstić information content (AvgIpc) is 2.29. The molecule has 1 aromatic rings. The number of carbonyl (C=O) groups excluding carboxylic acids is 1. The van der Waals surface area contributed by atoms with Crippen LogP contribution in [0.2, 0.25) is 0 Å². The summed E-state index contributed by atoms with van der Waals surface area (Å²) in [4.78, 5) is 11.6. The van der Waals surface area contributed by atoms with E-state index in [2.05, 4.69) is 13.2 Å². The summed E-state index contributed by atoms with van der Waals surface area (Å²) < 4.78 is 5.00. The summed E-state index contributed by atoms with van der Waals surface area (Å²) in [6.45, 7) is 9.00. The molecule has 0 aromatic heterocycles. The number of hydrogen-bond acceptors (Lipinski definition) is 3. The Balaban J connectivity index is 2.61. The Morgan fingerprint density at radius 3 is 2.47 bits per heavy atom. The van der Waals surface area contributed by atoms with Crippen molar-refractivity contribution >= 4 is 5.97 Å². The van der Waals surface area contributed by atoms with Gasteiger partial charge in [0.15, 0.2) is 0 Å². The third kappa shape index (κ3) is 3.96. The zero-order valence-electron chi connectivity index (χ0n) is 9.69. The second-order valence-corrected chi connectivity index (χ2v) is 3.69. The number of rotatable bonds is 4. The lowest BCUT2D eigenvalue weighted by molar-refractivity contribution is 0.0620. The third-order valence-electron chi connectivity index (χ3n) is 2.09. The lowest BCUT2D eigenvalue weighted by Gasteiger charge is -2.06. The molecule has 1 rings (SSSR count). The Kier molecular flexibility index (Phi) is 4.24. The van der Waals surface area contributed by atoms with E-state index in [4.69, 9.17) is 10.00 Å². The highest BCUT2D eigenvalue weighted by molar-refractivity contribution is 5.90. The van der Waals surface area contributed by atoms with E-state index in [0.717, 1.165) is 5.56 Å². The van der Waals surface area contributed by atoms with Crippen LogP contribution in [0.25, 0.3) is 0 Å². The van der Waals surface area contributed by atoms with E-state index in [0.29, 0.717) is 11.1 Å². The number of ether oxygens (including phenoxy) is 1. The molecule has 0 bridgehead atoms. The lowest BCUT2D eigenvalue weighted by Crippen LogP contribution is -2.04. The number of nitrogens with zero attached hydrogens (tertiary/aromatic N) is 1. The largest absolute Gasteiger partial charge is 0.428 e. The molecule has 0 aliphatic rings. The fraction of sp³-hybridized carbons (Fsp3) is 0.143. The molecule has 1 aromatic carbocycles. The first-order valence-corrected chi connectivity index (χ1v) is 5.07. The maximum atomic E-state index is 11.6. The van der Waals surface area contributed by atoms with Crippen LogP contribution in [0.1, 0.15) is 22.3 Å². The molecule has 0 N–H and O–H groups in total. The van der Waals surface area contributed by atoms with Crippen molar-refractivity contribution in [2.24, 2.45) is 0 Å². The van der Waals surface area contributed by atoms with Crippen molar-refractivity contribution in [1.29, 1.82) is 5.26 Å². The van der Waals surface area contributed by atoms with Gasteiger partial charge in [0.1, 0.15) is 5.76 Å². The van der Waals surface area contributed by atoms with E-state index in [9.17, 15) is 4.79 Å². The van der Waals surface area contributed by atoms with Crippen LogP contribution in [0, 0.1) is 18.3 Å². The highest BCUT2D eigenvalue weighted by Gasteiger charge is 2.09. The summed E-state index contributed by atoms with van der Waals surface area (Å²) in [6.07, 6.45) is 0.175. The summed E-state index contributed by atoms with van der Waals surface area (Å²) in [5.41, 5.74) is 1.84. The zero-order valence-corrected chi connectivity index (χ0v) is 9.69. The molecule has 0 aliphatic heterocycles. The fourth-order valence-corrected chi connectivity index (χ4v) is 1.19. The second kappa shape index (κ2) is 5.66. The Morgan fingerprint density at radius 2 is 1.94 bits per heavy atom. The average molecular weight is 227 g/mol. The van der Waals surface area contributed by atoms with Crippen molar-refractivity contribution < 1.29 is 9.53 Å². The van der Waals surface area contributed by atoms with Crippen LogP contribution < -0.4 is 0 Å². The van der Waals surface area contributed by atoms with Gasteiger partial charge < -0.3 is 4.74 Å². The van der Waals surface area contributed by atoms with Gasteiger partial charge in [-0.05, 0) is 19.1 Å². The first kappa shape index (κ1) is 12.7. The molecule has 3 nitrogen and oxygen atoms in total. The van der Waals surface area contributed by atoms with Gasteiger partial charge in [-0.3, -0.25) is 0 Å². The van der Waals surface area contributed by atoms with Crippen molar-refractivity contribution in [3.8, 4) is 6.07 Å². The number of esters is 1. The van der Waals surface area contributed by atoms with Crippen molar-refractivity contribution in [1.82, 2.24) is 0 Å². The molecule has 0 atom stereocenters. The predicted molar refractivity (Wildman–Crippen MR) is 65.1 cm³/mol. The second-order valence-electron chi connectivity index (χ2n) is 3.69. The van der Waals surface area contributed by atoms with Gasteiger partial charge in [0, 0.05) is 12.0 Å². The van der Waals surface area contributed by atoms with Crippen LogP contribution in [-0.2, 0) is 4.74 Å². The van der Waals surface area contributed by atoms with Crippen molar-refractivity contribution in [2.75, 3.05) is 0 Å². The number of benzene rings is 1. The standard InChI is InChI=1S/C14H13NO2/c1-10-4-6-13(7-5-10)14(16)17-12(3)8-11(2)9-15/h4-7H,2-3,8H2,1H3. The van der Waals surface area contributed by atoms with E-state index in [1.165, 1.54) is 0 Å². The quantitative estimate of drug-likeness (QED) is 0.451. The van der Waals surface area contributed by atoms with E-state index >= 15 is 0 Å². The number of carbonyl (C=O) groups is 1. The van der Waals surface area contributed by atoms with Crippen molar-refractivity contribution in [2.45, 2.75) is 13.3 Å². The van der Waals surface area contributed by atoms with Gasteiger partial charge in [-0.15, -0.1) is 0 Å². The molecule has 0 fully saturated rings. The molecule has 0 spiro atoms. The molecule has 0 saturated carbocycles. The van der Waals surface area contributed by atoms with Gasteiger partial charge >= 0.3 is 5.97 Å². The molecule has 86 valence electrons. The van der Waals surface area contributed by atoms with E-state index < -0.39 is 5.97 Å². The summed E-state index contributed by atoms with van der Waals surface area (Å²) in [5, 5.41) is 8.53. The zero-order chi connectivity index (χ0) is 12.8. The minimum absolute atomic E-state index is 0.175. The third-order valence-corrected chi connectivity index (χ3v) is 2.09. The Bertz CT molecular complexity index is 492. The molecule has 0 unspecified atom stereocenters. The lowest BCUT2D eigenvalue weighted by atomic mass is 10.1. The van der Waals surface area contributed by atoms with Crippen LogP contribution in [-0.4, -0.2) is 5.97 Å². The van der Waals surface area contributed by atoms with Crippen molar-refractivity contribution in [3.05, 3.63) is 59.9 Å². The molecule has 0 aliphatic carbocycles. The van der Waals surface area contributed by atoms with Crippen LogP contribution in [0.5, 0.6) is 0 Å². The SMILES string of the molecule is C=C(C#N)CC(=C)OC(=O)c1ccc(C)cc1. The Morgan fingerprint density at radius 1 is 1.35 bits per heavy atom. The molecule has 0 amide bonds. The topological polar surface area (TPSA) is 50.1 Å². The maximum absolute atomic E-state index is 11.6. The number of hydrogen-bond donors (Lipinski definition) is 0. The smallest absolute Gasteiger partial charge is 0.343 e. The monoisotopic (exact) mass is 227 g/mol. The number of allylic oxidation sites excluding steroid dienone is 1. The van der Waals surface area contributed by atoms with Crippen molar-refractivity contribution in [3.63, 3.8) is 0 Å². The highest BCUT2D eigenvalue weighted by Crippen LogP contribution is 2.12. The number of nitriles is 1. The predicted octanol–water partition coefficient (Wildman–Crippen LogP) is 3.14. The van der Waals surface area contributed by atoms with Crippen LogP contribution in [0.3, 0.4) is 0 Å².